The van der Waals surface area contributed by atoms with Crippen LogP contribution >= 0.6 is 0 Å². The molecule has 2 nitrogen and oxygen atoms in total. The molecule has 12 heavy (non-hydrogen) atoms. The molecule has 0 amide bonds. The second-order valence-electron chi connectivity index (χ2n) is 3.19. The first-order valence-corrected chi connectivity index (χ1v) is 4.29. The van der Waals surface area contributed by atoms with E-state index in [4.69, 9.17) is 4.74 Å². The first-order chi connectivity index (χ1) is 5.86. The fraction of sp³-hybridized carbons (Fsp3) is 0.400. The van der Waals surface area contributed by atoms with Gasteiger partial charge in [0.2, 0.25) is 0 Å². The lowest BCUT2D eigenvalue weighted by Gasteiger charge is -2.09. The van der Waals surface area contributed by atoms with Crippen molar-refractivity contribution in [2.45, 2.75) is 19.2 Å². The van der Waals surface area contributed by atoms with E-state index in [1.807, 2.05) is 18.2 Å². The summed E-state index contributed by atoms with van der Waals surface area (Å²) in [6.45, 7) is 2.93. The van der Waals surface area contributed by atoms with Gasteiger partial charge < -0.3 is 4.74 Å². The van der Waals surface area contributed by atoms with Crippen LogP contribution in [0.1, 0.15) is 18.7 Å². The summed E-state index contributed by atoms with van der Waals surface area (Å²) in [7, 11) is 0. The van der Waals surface area contributed by atoms with E-state index in [-0.39, 0.29) is 6.23 Å². The van der Waals surface area contributed by atoms with Crippen molar-refractivity contribution in [2.24, 2.45) is 0 Å². The lowest BCUT2D eigenvalue weighted by Crippen LogP contribution is -2.22. The SMILES string of the molecule is C[C@H]1COC(c2ccccc2)N1. The Labute approximate surface area is 72.5 Å². The second-order valence-corrected chi connectivity index (χ2v) is 3.19. The maximum Gasteiger partial charge on any atom is 0.134 e. The van der Waals surface area contributed by atoms with Crippen LogP contribution in [0.15, 0.2) is 30.3 Å². The first kappa shape index (κ1) is 7.77. The van der Waals surface area contributed by atoms with Crippen molar-refractivity contribution in [3.8, 4) is 0 Å². The molecule has 1 fully saturated rings. The number of ether oxygens (including phenoxy) is 1. The van der Waals surface area contributed by atoms with Crippen LogP contribution in [0.25, 0.3) is 0 Å². The molecule has 1 aromatic carbocycles. The quantitative estimate of drug-likeness (QED) is 0.680. The third-order valence-corrected chi connectivity index (χ3v) is 2.05. The van der Waals surface area contributed by atoms with Gasteiger partial charge in [-0.1, -0.05) is 30.3 Å². The predicted octanol–water partition coefficient (Wildman–Crippen LogP) is 1.69. The summed E-state index contributed by atoms with van der Waals surface area (Å²) in [5.41, 5.74) is 1.21. The van der Waals surface area contributed by atoms with Gasteiger partial charge in [0.05, 0.1) is 6.61 Å². The molecule has 0 bridgehead atoms. The topological polar surface area (TPSA) is 21.3 Å². The molecule has 1 unspecified atom stereocenters. The van der Waals surface area contributed by atoms with Crippen LogP contribution in [-0.2, 0) is 4.74 Å². The Balaban J connectivity index is 2.11. The van der Waals surface area contributed by atoms with Crippen LogP contribution in [0.5, 0.6) is 0 Å². The molecule has 64 valence electrons. The minimum atomic E-state index is 0.0983. The molecule has 0 saturated carbocycles. The number of rotatable bonds is 1. The highest BCUT2D eigenvalue weighted by Crippen LogP contribution is 2.19. The Morgan fingerprint density at radius 1 is 1.33 bits per heavy atom. The molecule has 2 atom stereocenters. The van der Waals surface area contributed by atoms with E-state index in [9.17, 15) is 0 Å². The molecule has 1 aromatic rings. The van der Waals surface area contributed by atoms with E-state index in [2.05, 4.69) is 24.4 Å². The molecule has 2 heteroatoms. The number of benzene rings is 1. The van der Waals surface area contributed by atoms with Crippen molar-refractivity contribution in [3.63, 3.8) is 0 Å². The molecule has 1 N–H and O–H groups in total. The largest absolute Gasteiger partial charge is 0.357 e. The number of hydrogen-bond donors (Lipinski definition) is 1. The summed E-state index contributed by atoms with van der Waals surface area (Å²) in [5.74, 6) is 0. The van der Waals surface area contributed by atoms with Gasteiger partial charge in [-0.25, -0.2) is 0 Å². The predicted molar refractivity (Wildman–Crippen MR) is 47.7 cm³/mol. The maximum atomic E-state index is 5.54. The first-order valence-electron chi connectivity index (χ1n) is 4.29. The molecule has 0 spiro atoms. The van der Waals surface area contributed by atoms with Crippen LogP contribution in [-0.4, -0.2) is 12.6 Å². The number of nitrogens with one attached hydrogen (secondary N) is 1. The van der Waals surface area contributed by atoms with E-state index in [1.165, 1.54) is 5.56 Å². The minimum Gasteiger partial charge on any atom is -0.357 e. The number of hydrogen-bond acceptors (Lipinski definition) is 2. The van der Waals surface area contributed by atoms with Crippen molar-refractivity contribution < 1.29 is 4.74 Å². The van der Waals surface area contributed by atoms with Crippen LogP contribution in [0.3, 0.4) is 0 Å². The van der Waals surface area contributed by atoms with Crippen LogP contribution in [0.2, 0.25) is 0 Å². The monoisotopic (exact) mass is 163 g/mol. The zero-order valence-electron chi connectivity index (χ0n) is 7.16. The Kier molecular flexibility index (Phi) is 2.11. The lowest BCUT2D eigenvalue weighted by atomic mass is 10.2. The Morgan fingerprint density at radius 3 is 2.67 bits per heavy atom. The van der Waals surface area contributed by atoms with Gasteiger partial charge in [-0.15, -0.1) is 0 Å². The van der Waals surface area contributed by atoms with Crippen molar-refractivity contribution in [1.82, 2.24) is 5.32 Å². The van der Waals surface area contributed by atoms with Gasteiger partial charge >= 0.3 is 0 Å². The Hall–Kier alpha value is -0.860. The van der Waals surface area contributed by atoms with Crippen LogP contribution < -0.4 is 5.32 Å². The highest BCUT2D eigenvalue weighted by Gasteiger charge is 2.21. The van der Waals surface area contributed by atoms with Crippen molar-refractivity contribution in [3.05, 3.63) is 35.9 Å². The van der Waals surface area contributed by atoms with E-state index in [1.54, 1.807) is 0 Å². The van der Waals surface area contributed by atoms with Gasteiger partial charge in [-0.2, -0.15) is 0 Å². The fourth-order valence-electron chi connectivity index (χ4n) is 1.42. The fourth-order valence-corrected chi connectivity index (χ4v) is 1.42. The summed E-state index contributed by atoms with van der Waals surface area (Å²) >= 11 is 0. The molecule has 0 radical (unpaired) electrons. The van der Waals surface area contributed by atoms with E-state index in [0.29, 0.717) is 6.04 Å². The Bertz CT molecular complexity index is 247. The highest BCUT2D eigenvalue weighted by atomic mass is 16.5. The summed E-state index contributed by atoms with van der Waals surface area (Å²) in [4.78, 5) is 0. The van der Waals surface area contributed by atoms with Gasteiger partial charge in [0.15, 0.2) is 0 Å². The van der Waals surface area contributed by atoms with Gasteiger partial charge in [0, 0.05) is 6.04 Å². The Morgan fingerprint density at radius 2 is 2.08 bits per heavy atom. The second kappa shape index (κ2) is 3.25. The minimum absolute atomic E-state index is 0.0983. The van der Waals surface area contributed by atoms with Crippen molar-refractivity contribution in [2.75, 3.05) is 6.61 Å². The molecular weight excluding hydrogens is 150 g/mol. The smallest absolute Gasteiger partial charge is 0.134 e. The average molecular weight is 163 g/mol. The van der Waals surface area contributed by atoms with Crippen molar-refractivity contribution in [1.29, 1.82) is 0 Å². The third kappa shape index (κ3) is 1.49. The lowest BCUT2D eigenvalue weighted by molar-refractivity contribution is 0.101. The van der Waals surface area contributed by atoms with Gasteiger partial charge in [0.25, 0.3) is 0 Å². The van der Waals surface area contributed by atoms with E-state index >= 15 is 0 Å². The molecule has 0 aromatic heterocycles. The summed E-state index contributed by atoms with van der Waals surface area (Å²) in [5, 5.41) is 3.35. The van der Waals surface area contributed by atoms with E-state index < -0.39 is 0 Å². The van der Waals surface area contributed by atoms with Gasteiger partial charge in [-0.3, -0.25) is 5.32 Å². The summed E-state index contributed by atoms with van der Waals surface area (Å²) < 4.78 is 5.54. The zero-order chi connectivity index (χ0) is 8.39. The van der Waals surface area contributed by atoms with Crippen molar-refractivity contribution >= 4 is 0 Å². The summed E-state index contributed by atoms with van der Waals surface area (Å²) in [6.07, 6.45) is 0.0983. The third-order valence-electron chi connectivity index (χ3n) is 2.05. The molecule has 1 saturated heterocycles. The maximum absolute atomic E-state index is 5.54. The summed E-state index contributed by atoms with van der Waals surface area (Å²) in [6, 6.07) is 10.7. The molecular formula is C10H13NO. The molecule has 2 rings (SSSR count). The van der Waals surface area contributed by atoms with Crippen LogP contribution in [0, 0.1) is 0 Å². The van der Waals surface area contributed by atoms with Gasteiger partial charge in [0.1, 0.15) is 6.23 Å². The average Bonchev–Trinajstić information content (AvgIpc) is 2.54. The molecule has 1 aliphatic rings. The zero-order valence-corrected chi connectivity index (χ0v) is 7.16. The molecule has 1 aliphatic heterocycles. The normalized spacial score (nSPS) is 29.1. The molecule has 1 heterocycles. The van der Waals surface area contributed by atoms with E-state index in [0.717, 1.165) is 6.61 Å². The van der Waals surface area contributed by atoms with Gasteiger partial charge in [-0.05, 0) is 12.5 Å². The highest BCUT2D eigenvalue weighted by molar-refractivity contribution is 5.17. The molecule has 0 aliphatic carbocycles. The standard InChI is InChI=1S/C10H13NO/c1-8-7-12-10(11-8)9-5-3-2-4-6-9/h2-6,8,10-11H,7H2,1H3/t8-,10?/m0/s1. The van der Waals surface area contributed by atoms with Crippen LogP contribution in [0.4, 0.5) is 0 Å².